The Hall–Kier alpha value is -2.55. The lowest BCUT2D eigenvalue weighted by Crippen LogP contribution is -2.29. The highest BCUT2D eigenvalue weighted by Crippen LogP contribution is 2.28. The van der Waals surface area contributed by atoms with Crippen LogP contribution < -0.4 is 10.1 Å². The van der Waals surface area contributed by atoms with Crippen LogP contribution in [0.3, 0.4) is 0 Å². The Morgan fingerprint density at radius 2 is 2.32 bits per heavy atom. The molecule has 1 N–H and O–H groups in total. The first-order valence-corrected chi connectivity index (χ1v) is 5.68. The molecule has 0 saturated carbocycles. The lowest BCUT2D eigenvalue weighted by atomic mass is 10.1. The molecule has 0 bridgehead atoms. The van der Waals surface area contributed by atoms with Gasteiger partial charge in [-0.1, -0.05) is 18.9 Å². The first kappa shape index (κ1) is 14.5. The van der Waals surface area contributed by atoms with E-state index in [0.717, 1.165) is 5.56 Å². The molecule has 0 saturated heterocycles. The van der Waals surface area contributed by atoms with Crippen molar-refractivity contribution in [3.63, 3.8) is 0 Å². The van der Waals surface area contributed by atoms with Crippen molar-refractivity contribution in [2.45, 2.75) is 13.3 Å². The highest BCUT2D eigenvalue weighted by Gasteiger charge is 2.16. The van der Waals surface area contributed by atoms with Crippen LogP contribution in [0.5, 0.6) is 5.75 Å². The minimum Gasteiger partial charge on any atom is -0.477 e. The molecule has 0 heterocycles. The molecule has 0 aliphatic rings. The lowest BCUT2D eigenvalue weighted by molar-refractivity contribution is -0.385. The fourth-order valence-electron chi connectivity index (χ4n) is 1.39. The fourth-order valence-corrected chi connectivity index (χ4v) is 1.39. The maximum absolute atomic E-state index is 11.3. The van der Waals surface area contributed by atoms with Gasteiger partial charge in [-0.3, -0.25) is 14.9 Å². The second kappa shape index (κ2) is 7.01. The fraction of sp³-hybridized carbons (Fsp3) is 0.308. The molecule has 19 heavy (non-hydrogen) atoms. The number of nitrogens with zero attached hydrogens (tertiary/aromatic N) is 1. The summed E-state index contributed by atoms with van der Waals surface area (Å²) in [6.45, 7) is 1.68. The molecule has 0 aliphatic carbocycles. The van der Waals surface area contributed by atoms with Gasteiger partial charge in [-0.25, -0.2) is 0 Å². The number of carbonyl (C=O) groups excluding carboxylic acids is 1. The van der Waals surface area contributed by atoms with Gasteiger partial charge in [-0.15, -0.1) is 6.42 Å². The maximum atomic E-state index is 11.3. The Balaban J connectivity index is 2.75. The Bertz CT molecular complexity index is 520. The molecule has 1 aromatic carbocycles. The molecule has 6 heteroatoms. The van der Waals surface area contributed by atoms with Crippen LogP contribution >= 0.6 is 0 Å². The minimum absolute atomic E-state index is 0.0676. The topological polar surface area (TPSA) is 81.5 Å². The van der Waals surface area contributed by atoms with E-state index < -0.39 is 10.8 Å². The quantitative estimate of drug-likeness (QED) is 0.475. The van der Waals surface area contributed by atoms with Crippen LogP contribution in [0.25, 0.3) is 0 Å². The van der Waals surface area contributed by atoms with Gasteiger partial charge in [0.15, 0.2) is 12.4 Å². The molecule has 1 amide bonds. The number of nitrogens with one attached hydrogen (secondary N) is 1. The van der Waals surface area contributed by atoms with Crippen LogP contribution in [0.4, 0.5) is 5.69 Å². The molecule has 0 aliphatic heterocycles. The number of nitro benzene ring substituents is 1. The summed E-state index contributed by atoms with van der Waals surface area (Å²) in [5, 5.41) is 13.3. The Morgan fingerprint density at radius 3 is 2.89 bits per heavy atom. The Labute approximate surface area is 110 Å². The van der Waals surface area contributed by atoms with Crippen LogP contribution in [-0.4, -0.2) is 24.0 Å². The highest BCUT2D eigenvalue weighted by atomic mass is 16.6. The van der Waals surface area contributed by atoms with Crippen LogP contribution in [-0.2, 0) is 11.2 Å². The highest BCUT2D eigenvalue weighted by molar-refractivity contribution is 5.77. The van der Waals surface area contributed by atoms with Gasteiger partial charge in [0.25, 0.3) is 5.91 Å². The summed E-state index contributed by atoms with van der Waals surface area (Å²) in [6.07, 6.45) is 5.67. The molecule has 0 unspecified atom stereocenters. The molecule has 1 rings (SSSR count). The van der Waals surface area contributed by atoms with Crippen molar-refractivity contribution in [2.75, 3.05) is 13.2 Å². The number of carbonyl (C=O) groups is 1. The SMILES string of the molecule is C#CCNC(=O)COc1ccc(CC)cc1[N+](=O)[O-]. The summed E-state index contributed by atoms with van der Waals surface area (Å²) < 4.78 is 5.13. The summed E-state index contributed by atoms with van der Waals surface area (Å²) in [7, 11) is 0. The number of hydrogen-bond donors (Lipinski definition) is 1. The summed E-state index contributed by atoms with van der Waals surface area (Å²) >= 11 is 0. The average molecular weight is 262 g/mol. The van der Waals surface area contributed by atoms with E-state index in [0.29, 0.717) is 6.42 Å². The number of rotatable bonds is 6. The molecule has 6 nitrogen and oxygen atoms in total. The smallest absolute Gasteiger partial charge is 0.311 e. The Morgan fingerprint density at radius 1 is 1.58 bits per heavy atom. The van der Waals surface area contributed by atoms with E-state index in [-0.39, 0.29) is 24.6 Å². The zero-order chi connectivity index (χ0) is 14.3. The van der Waals surface area contributed by atoms with Gasteiger partial charge >= 0.3 is 5.69 Å². The number of hydrogen-bond acceptors (Lipinski definition) is 4. The van der Waals surface area contributed by atoms with Crippen molar-refractivity contribution in [3.8, 4) is 18.1 Å². The number of amides is 1. The number of nitro groups is 1. The molecule has 0 atom stereocenters. The molecule has 0 radical (unpaired) electrons. The number of benzene rings is 1. The Kier molecular flexibility index (Phi) is 5.35. The molecule has 0 aromatic heterocycles. The largest absolute Gasteiger partial charge is 0.477 e. The van der Waals surface area contributed by atoms with Crippen molar-refractivity contribution in [1.29, 1.82) is 0 Å². The summed E-state index contributed by atoms with van der Waals surface area (Å²) in [5.41, 5.74) is 0.680. The van der Waals surface area contributed by atoms with E-state index in [2.05, 4.69) is 11.2 Å². The van der Waals surface area contributed by atoms with Crippen LogP contribution in [0.15, 0.2) is 18.2 Å². The van der Waals surface area contributed by atoms with Gasteiger partial charge in [0.05, 0.1) is 11.5 Å². The van der Waals surface area contributed by atoms with E-state index in [1.165, 1.54) is 12.1 Å². The van der Waals surface area contributed by atoms with Crippen LogP contribution in [0.1, 0.15) is 12.5 Å². The van der Waals surface area contributed by atoms with Crippen LogP contribution in [0, 0.1) is 22.5 Å². The number of aryl methyl sites for hydroxylation is 1. The van der Waals surface area contributed by atoms with Crippen molar-refractivity contribution in [1.82, 2.24) is 5.32 Å². The summed E-state index contributed by atoms with van der Waals surface area (Å²) in [6, 6.07) is 4.65. The first-order valence-electron chi connectivity index (χ1n) is 5.68. The van der Waals surface area contributed by atoms with E-state index in [1.807, 2.05) is 6.92 Å². The predicted molar refractivity (Wildman–Crippen MR) is 69.8 cm³/mol. The van der Waals surface area contributed by atoms with Gasteiger partial charge in [-0.05, 0) is 18.1 Å². The van der Waals surface area contributed by atoms with Crippen molar-refractivity contribution >= 4 is 11.6 Å². The molecular formula is C13H14N2O4. The second-order valence-corrected chi connectivity index (χ2v) is 3.68. The van der Waals surface area contributed by atoms with Gasteiger partial charge in [-0.2, -0.15) is 0 Å². The maximum Gasteiger partial charge on any atom is 0.311 e. The van der Waals surface area contributed by atoms with Crippen LogP contribution in [0.2, 0.25) is 0 Å². The zero-order valence-electron chi connectivity index (χ0n) is 10.5. The van der Waals surface area contributed by atoms with Crippen molar-refractivity contribution < 1.29 is 14.5 Å². The average Bonchev–Trinajstić information content (AvgIpc) is 2.42. The number of terminal acetylenes is 1. The van der Waals surface area contributed by atoms with E-state index in [9.17, 15) is 14.9 Å². The van der Waals surface area contributed by atoms with E-state index in [1.54, 1.807) is 6.07 Å². The summed E-state index contributed by atoms with van der Waals surface area (Å²) in [5.74, 6) is 1.89. The molecule has 100 valence electrons. The van der Waals surface area contributed by atoms with Gasteiger partial charge in [0.1, 0.15) is 0 Å². The van der Waals surface area contributed by atoms with E-state index in [4.69, 9.17) is 11.2 Å². The lowest BCUT2D eigenvalue weighted by Gasteiger charge is -2.07. The summed E-state index contributed by atoms with van der Waals surface area (Å²) in [4.78, 5) is 21.6. The molecule has 0 fully saturated rings. The predicted octanol–water partition coefficient (Wildman–Crippen LogP) is 1.29. The standard InChI is InChI=1S/C13H14N2O4/c1-3-7-14-13(16)9-19-12-6-5-10(4-2)8-11(12)15(17)18/h1,5-6,8H,4,7,9H2,2H3,(H,14,16). The second-order valence-electron chi connectivity index (χ2n) is 3.68. The van der Waals surface area contributed by atoms with Crippen molar-refractivity contribution in [2.24, 2.45) is 0 Å². The van der Waals surface area contributed by atoms with Gasteiger partial charge in [0, 0.05) is 6.07 Å². The molecular weight excluding hydrogens is 248 g/mol. The molecule has 0 spiro atoms. The molecule has 1 aromatic rings. The number of ether oxygens (including phenoxy) is 1. The third kappa shape index (κ3) is 4.32. The monoisotopic (exact) mass is 262 g/mol. The van der Waals surface area contributed by atoms with Gasteiger partial charge in [0.2, 0.25) is 0 Å². The minimum atomic E-state index is -0.534. The third-order valence-corrected chi connectivity index (χ3v) is 2.37. The normalized spacial score (nSPS) is 9.47. The van der Waals surface area contributed by atoms with Gasteiger partial charge < -0.3 is 10.1 Å². The first-order chi connectivity index (χ1) is 9.08. The van der Waals surface area contributed by atoms with E-state index >= 15 is 0 Å². The van der Waals surface area contributed by atoms with Crippen molar-refractivity contribution in [3.05, 3.63) is 33.9 Å². The third-order valence-electron chi connectivity index (χ3n) is 2.37. The zero-order valence-corrected chi connectivity index (χ0v) is 10.5.